The molecule has 0 amide bonds. The Morgan fingerprint density at radius 3 is 2.53 bits per heavy atom. The summed E-state index contributed by atoms with van der Waals surface area (Å²) in [5.41, 5.74) is -1.09. The van der Waals surface area contributed by atoms with Crippen LogP contribution in [0.2, 0.25) is 0 Å². The zero-order valence-electron chi connectivity index (χ0n) is 17.1. The van der Waals surface area contributed by atoms with E-state index < -0.39 is 25.5 Å². The highest BCUT2D eigenvalue weighted by Gasteiger charge is 2.65. The summed E-state index contributed by atoms with van der Waals surface area (Å²) in [5, 5.41) is 0. The van der Waals surface area contributed by atoms with E-state index in [9.17, 15) is 21.6 Å². The van der Waals surface area contributed by atoms with Gasteiger partial charge in [0.25, 0.3) is 10.0 Å². The number of nitrogens with one attached hydrogen (secondary N) is 2. The second-order valence-electron chi connectivity index (χ2n) is 9.09. The van der Waals surface area contributed by atoms with Crippen molar-refractivity contribution in [3.63, 3.8) is 0 Å². The monoisotopic (exact) mass is 453 g/mol. The average Bonchev–Trinajstić information content (AvgIpc) is 3.27. The number of aliphatic imine (C=N–C) groups is 1. The van der Waals surface area contributed by atoms with Gasteiger partial charge in [-0.15, -0.1) is 0 Å². The van der Waals surface area contributed by atoms with E-state index in [1.54, 1.807) is 0 Å². The fourth-order valence-electron chi connectivity index (χ4n) is 5.21. The Morgan fingerprint density at radius 2 is 1.93 bits per heavy atom. The van der Waals surface area contributed by atoms with Crippen LogP contribution in [0.25, 0.3) is 0 Å². The first kappa shape index (κ1) is 21.3. The molecule has 2 saturated carbocycles. The van der Waals surface area contributed by atoms with Gasteiger partial charge in [0.2, 0.25) is 10.0 Å². The second-order valence-corrected chi connectivity index (χ2v) is 12.5. The summed E-state index contributed by atoms with van der Waals surface area (Å²) in [6, 6.07) is 5.67. The van der Waals surface area contributed by atoms with Crippen LogP contribution >= 0.6 is 0 Å². The molecule has 1 aromatic rings. The number of carbonyl (C=O) groups is 1. The van der Waals surface area contributed by atoms with Crippen molar-refractivity contribution in [3.8, 4) is 0 Å². The first-order valence-electron chi connectivity index (χ1n) is 10.2. The van der Waals surface area contributed by atoms with Crippen molar-refractivity contribution >= 4 is 37.4 Å². The minimum absolute atomic E-state index is 0.0204. The molecule has 30 heavy (non-hydrogen) atoms. The zero-order chi connectivity index (χ0) is 21.8. The van der Waals surface area contributed by atoms with Gasteiger partial charge in [0.1, 0.15) is 11.6 Å². The average molecular weight is 454 g/mol. The lowest BCUT2D eigenvalue weighted by Crippen LogP contribution is -2.43. The summed E-state index contributed by atoms with van der Waals surface area (Å²) < 4.78 is 56.1. The third kappa shape index (κ3) is 3.53. The van der Waals surface area contributed by atoms with E-state index in [0.29, 0.717) is 31.6 Å². The SMILES string of the molecule is CC1(C)C2CCC1(CS(=O)(=O)Nc1cccc(S(=O)(=O)NC3=NCCC3)c1)C(=O)C2. The summed E-state index contributed by atoms with van der Waals surface area (Å²) in [5.74, 6) is 0.372. The van der Waals surface area contributed by atoms with Gasteiger partial charge >= 0.3 is 0 Å². The van der Waals surface area contributed by atoms with E-state index in [1.807, 2.05) is 13.8 Å². The summed E-state index contributed by atoms with van der Waals surface area (Å²) >= 11 is 0. The summed E-state index contributed by atoms with van der Waals surface area (Å²) in [6.45, 7) is 4.56. The Balaban J connectivity index is 1.54. The Morgan fingerprint density at radius 1 is 1.17 bits per heavy atom. The van der Waals surface area contributed by atoms with E-state index in [-0.39, 0.29) is 33.5 Å². The van der Waals surface area contributed by atoms with Crippen molar-refractivity contribution in [2.45, 2.75) is 50.8 Å². The molecule has 4 rings (SSSR count). The minimum Gasteiger partial charge on any atom is -0.299 e. The lowest BCUT2D eigenvalue weighted by atomic mass is 9.70. The Hall–Kier alpha value is -1.94. The maximum absolute atomic E-state index is 13.0. The van der Waals surface area contributed by atoms with E-state index in [2.05, 4.69) is 14.4 Å². The molecule has 2 unspecified atom stereocenters. The van der Waals surface area contributed by atoms with Crippen molar-refractivity contribution in [1.82, 2.24) is 4.72 Å². The van der Waals surface area contributed by atoms with Gasteiger partial charge in [0.15, 0.2) is 0 Å². The zero-order valence-corrected chi connectivity index (χ0v) is 18.8. The van der Waals surface area contributed by atoms with Gasteiger partial charge in [-0.25, -0.2) is 16.8 Å². The van der Waals surface area contributed by atoms with E-state index in [1.165, 1.54) is 24.3 Å². The summed E-state index contributed by atoms with van der Waals surface area (Å²) in [4.78, 5) is 16.7. The number of anilines is 1. The molecule has 1 aromatic carbocycles. The minimum atomic E-state index is -3.86. The lowest BCUT2D eigenvalue weighted by molar-refractivity contribution is -0.128. The fourth-order valence-corrected chi connectivity index (χ4v) is 8.23. The van der Waals surface area contributed by atoms with Crippen LogP contribution in [0.4, 0.5) is 5.69 Å². The summed E-state index contributed by atoms with van der Waals surface area (Å²) in [6.07, 6.45) is 3.24. The molecule has 0 aromatic heterocycles. The molecule has 2 fully saturated rings. The molecule has 0 spiro atoms. The molecule has 2 aliphatic carbocycles. The summed E-state index contributed by atoms with van der Waals surface area (Å²) in [7, 11) is -7.71. The second kappa shape index (κ2) is 7.05. The fraction of sp³-hybridized carbons (Fsp3) is 0.600. The van der Waals surface area contributed by atoms with E-state index >= 15 is 0 Å². The van der Waals surface area contributed by atoms with Gasteiger partial charge < -0.3 is 0 Å². The van der Waals surface area contributed by atoms with Crippen LogP contribution in [0.5, 0.6) is 0 Å². The number of benzene rings is 1. The normalized spacial score (nSPS) is 27.9. The van der Waals surface area contributed by atoms with Crippen molar-refractivity contribution in [1.29, 1.82) is 0 Å². The Bertz CT molecular complexity index is 1120. The van der Waals surface area contributed by atoms with Crippen LogP contribution in [-0.4, -0.2) is 40.8 Å². The number of Topliss-reactive ketones (excluding diaryl/α,β-unsaturated/α-hetero) is 1. The number of ketones is 1. The topological polar surface area (TPSA) is 122 Å². The van der Waals surface area contributed by atoms with E-state index in [4.69, 9.17) is 0 Å². The lowest BCUT2D eigenvalue weighted by Gasteiger charge is -2.36. The van der Waals surface area contributed by atoms with Gasteiger partial charge in [-0.2, -0.15) is 0 Å². The maximum atomic E-state index is 13.0. The Kier molecular flexibility index (Phi) is 5.00. The number of fused-ring (bicyclic) bond motifs is 2. The molecule has 2 N–H and O–H groups in total. The van der Waals surface area contributed by atoms with Crippen molar-refractivity contribution < 1.29 is 21.6 Å². The highest BCUT2D eigenvalue weighted by atomic mass is 32.2. The van der Waals surface area contributed by atoms with Crippen LogP contribution in [0, 0.1) is 16.7 Å². The smallest absolute Gasteiger partial charge is 0.262 e. The van der Waals surface area contributed by atoms with Crippen LogP contribution < -0.4 is 9.44 Å². The predicted octanol–water partition coefficient (Wildman–Crippen LogP) is 2.29. The quantitative estimate of drug-likeness (QED) is 0.684. The van der Waals surface area contributed by atoms with Crippen molar-refractivity contribution in [2.75, 3.05) is 17.0 Å². The number of hydrogen-bond acceptors (Lipinski definition) is 6. The molecular weight excluding hydrogens is 426 g/mol. The number of hydrogen-bond donors (Lipinski definition) is 2. The van der Waals surface area contributed by atoms with Crippen LogP contribution in [0.3, 0.4) is 0 Å². The van der Waals surface area contributed by atoms with Gasteiger partial charge in [0.05, 0.1) is 16.1 Å². The van der Waals surface area contributed by atoms with Gasteiger partial charge in [-0.1, -0.05) is 19.9 Å². The molecule has 164 valence electrons. The maximum Gasteiger partial charge on any atom is 0.262 e. The molecule has 2 bridgehead atoms. The molecular formula is C20H27N3O5S2. The first-order chi connectivity index (χ1) is 14.0. The number of sulfonamides is 2. The standard InChI is InChI=1S/C20H27N3O5S2/c1-19(2)14-8-9-20(19,17(24)11-14)13-29(25,26)22-15-5-3-6-16(12-15)30(27,28)23-18-7-4-10-21-18/h3,5-6,12,14,22H,4,7-11,13H2,1-2H3,(H,21,23). The van der Waals surface area contributed by atoms with Gasteiger partial charge in [0, 0.05) is 25.1 Å². The highest BCUT2D eigenvalue weighted by molar-refractivity contribution is 7.92. The number of carbonyl (C=O) groups excluding carboxylic acids is 1. The molecule has 10 heteroatoms. The van der Waals surface area contributed by atoms with Crippen molar-refractivity contribution in [2.24, 2.45) is 21.7 Å². The molecule has 8 nitrogen and oxygen atoms in total. The van der Waals surface area contributed by atoms with Crippen LogP contribution in [0.15, 0.2) is 34.2 Å². The van der Waals surface area contributed by atoms with Gasteiger partial charge in [-0.3, -0.25) is 19.2 Å². The Labute approximate surface area is 177 Å². The molecule has 0 radical (unpaired) electrons. The van der Waals surface area contributed by atoms with E-state index in [0.717, 1.165) is 12.8 Å². The van der Waals surface area contributed by atoms with Crippen LogP contribution in [-0.2, 0) is 24.8 Å². The molecule has 3 aliphatic rings. The number of nitrogens with zero attached hydrogens (tertiary/aromatic N) is 1. The highest BCUT2D eigenvalue weighted by Crippen LogP contribution is 2.64. The third-order valence-corrected chi connectivity index (χ3v) is 9.92. The number of rotatable bonds is 6. The molecule has 1 aliphatic heterocycles. The number of amidine groups is 1. The van der Waals surface area contributed by atoms with Crippen LogP contribution in [0.1, 0.15) is 46.0 Å². The van der Waals surface area contributed by atoms with Crippen molar-refractivity contribution in [3.05, 3.63) is 24.3 Å². The predicted molar refractivity (Wildman–Crippen MR) is 114 cm³/mol. The van der Waals surface area contributed by atoms with Gasteiger partial charge in [-0.05, 0) is 48.8 Å². The third-order valence-electron chi connectivity index (χ3n) is 7.12. The molecule has 1 heterocycles. The largest absolute Gasteiger partial charge is 0.299 e. The molecule has 2 atom stereocenters. The first-order valence-corrected chi connectivity index (χ1v) is 13.3. The molecule has 0 saturated heterocycles.